The van der Waals surface area contributed by atoms with Gasteiger partial charge in [-0.15, -0.1) is 11.8 Å². The van der Waals surface area contributed by atoms with Crippen molar-refractivity contribution in [3.8, 4) is 6.07 Å². The summed E-state index contributed by atoms with van der Waals surface area (Å²) in [6.45, 7) is -0.718. The van der Waals surface area contributed by atoms with Crippen molar-refractivity contribution in [1.29, 1.82) is 5.26 Å². The molecule has 0 aliphatic carbocycles. The summed E-state index contributed by atoms with van der Waals surface area (Å²) >= 11 is 1.57. The number of hydrogen-bond donors (Lipinski definition) is 0. The molecule has 3 heterocycles. The molecule has 0 spiro atoms. The Kier molecular flexibility index (Phi) is 4.56. The molecule has 0 bridgehead atoms. The number of likely N-dealkylation sites (tertiary alicyclic amines) is 1. The first-order chi connectivity index (χ1) is 13.0. The summed E-state index contributed by atoms with van der Waals surface area (Å²) in [5, 5.41) is 12.0. The Balaban J connectivity index is 1.45. The smallest absolute Gasteiger partial charge is 0.268 e. The number of carbonyl (C=O) groups excluding carboxylic acids is 1. The van der Waals surface area contributed by atoms with E-state index in [2.05, 4.69) is 0 Å². The zero-order valence-electron chi connectivity index (χ0n) is 14.3. The first-order valence-electron chi connectivity index (χ1n) is 8.57. The molecule has 2 aliphatic heterocycles. The Labute approximate surface area is 159 Å². The molecule has 1 aromatic carbocycles. The molecule has 1 amide bonds. The number of nitrogens with zero attached hydrogens (tertiary/aromatic N) is 3. The molecule has 8 heteroatoms. The number of halogens is 2. The molecule has 140 valence electrons. The third-order valence-electron chi connectivity index (χ3n) is 4.87. The second-order valence-electron chi connectivity index (χ2n) is 6.74. The van der Waals surface area contributed by atoms with Crippen molar-refractivity contribution in [2.75, 3.05) is 13.1 Å². The fourth-order valence-corrected chi connectivity index (χ4v) is 4.50. The summed E-state index contributed by atoms with van der Waals surface area (Å²) in [4.78, 5) is 15.4. The van der Waals surface area contributed by atoms with Crippen LogP contribution < -0.4 is 0 Å². The van der Waals surface area contributed by atoms with E-state index in [1.165, 1.54) is 0 Å². The maximum absolute atomic E-state index is 13.6. The molecule has 0 saturated carbocycles. The maximum Gasteiger partial charge on any atom is 0.268 e. The largest absolute Gasteiger partial charge is 0.464 e. The SMILES string of the molecule is N#CC1CC(F)(F)CN1C(=O)CN1C=CS[C@H]1Cc1coc2ccccc12. The maximum atomic E-state index is 13.6. The van der Waals surface area contributed by atoms with Crippen molar-refractivity contribution < 1.29 is 18.0 Å². The van der Waals surface area contributed by atoms with Crippen LogP contribution in [-0.2, 0) is 11.2 Å². The lowest BCUT2D eigenvalue weighted by Gasteiger charge is -2.27. The minimum atomic E-state index is -3.00. The number of furan rings is 1. The Morgan fingerprint density at radius 3 is 3.04 bits per heavy atom. The molecule has 1 unspecified atom stereocenters. The number of fused-ring (bicyclic) bond motifs is 1. The summed E-state index contributed by atoms with van der Waals surface area (Å²) < 4.78 is 32.8. The number of rotatable bonds is 4. The van der Waals surface area contributed by atoms with Gasteiger partial charge in [0, 0.05) is 30.0 Å². The average molecular weight is 389 g/mol. The monoisotopic (exact) mass is 389 g/mol. The fraction of sp³-hybridized carbons (Fsp3) is 0.368. The molecule has 1 aromatic heterocycles. The van der Waals surface area contributed by atoms with E-state index in [4.69, 9.17) is 9.68 Å². The van der Waals surface area contributed by atoms with E-state index in [-0.39, 0.29) is 11.9 Å². The number of thioether (sulfide) groups is 1. The molecule has 27 heavy (non-hydrogen) atoms. The minimum Gasteiger partial charge on any atom is -0.464 e. The van der Waals surface area contributed by atoms with Gasteiger partial charge in [-0.05, 0) is 11.5 Å². The third kappa shape index (κ3) is 3.52. The fourth-order valence-electron chi connectivity index (χ4n) is 3.52. The summed E-state index contributed by atoms with van der Waals surface area (Å²) in [6, 6.07) is 8.48. The predicted octanol–water partition coefficient (Wildman–Crippen LogP) is 3.58. The molecule has 2 aromatic rings. The number of alkyl halides is 2. The molecule has 4 rings (SSSR count). The zero-order chi connectivity index (χ0) is 19.0. The van der Waals surface area contributed by atoms with E-state index >= 15 is 0 Å². The molecule has 5 nitrogen and oxygen atoms in total. The van der Waals surface area contributed by atoms with Crippen molar-refractivity contribution in [3.63, 3.8) is 0 Å². The number of benzene rings is 1. The molecular weight excluding hydrogens is 372 g/mol. The lowest BCUT2D eigenvalue weighted by Crippen LogP contribution is -2.43. The molecule has 0 radical (unpaired) electrons. The number of amides is 1. The van der Waals surface area contributed by atoms with Crippen LogP contribution in [0.25, 0.3) is 11.0 Å². The van der Waals surface area contributed by atoms with Crippen LogP contribution >= 0.6 is 11.8 Å². The van der Waals surface area contributed by atoms with Crippen LogP contribution in [0.2, 0.25) is 0 Å². The van der Waals surface area contributed by atoms with Crippen molar-refractivity contribution >= 4 is 28.6 Å². The van der Waals surface area contributed by atoms with Gasteiger partial charge in [-0.1, -0.05) is 18.2 Å². The van der Waals surface area contributed by atoms with E-state index in [0.29, 0.717) is 6.42 Å². The quantitative estimate of drug-likeness (QED) is 0.800. The second kappa shape index (κ2) is 6.89. The topological polar surface area (TPSA) is 60.5 Å². The molecule has 2 atom stereocenters. The van der Waals surface area contributed by atoms with Gasteiger partial charge in [0.2, 0.25) is 5.91 Å². The van der Waals surface area contributed by atoms with Gasteiger partial charge >= 0.3 is 0 Å². The number of carbonyl (C=O) groups is 1. The van der Waals surface area contributed by atoms with Crippen LogP contribution in [-0.4, -0.2) is 46.1 Å². The number of para-hydroxylation sites is 1. The van der Waals surface area contributed by atoms with Gasteiger partial charge in [-0.2, -0.15) is 5.26 Å². The zero-order valence-corrected chi connectivity index (χ0v) is 15.2. The highest BCUT2D eigenvalue weighted by Crippen LogP contribution is 2.34. The Bertz CT molecular complexity index is 936. The molecule has 2 aliphatic rings. The van der Waals surface area contributed by atoms with Gasteiger partial charge in [0.15, 0.2) is 0 Å². The highest BCUT2D eigenvalue weighted by atomic mass is 32.2. The van der Waals surface area contributed by atoms with E-state index < -0.39 is 30.8 Å². The Morgan fingerprint density at radius 2 is 2.22 bits per heavy atom. The number of hydrogen-bond acceptors (Lipinski definition) is 5. The van der Waals surface area contributed by atoms with Crippen molar-refractivity contribution in [3.05, 3.63) is 47.7 Å². The van der Waals surface area contributed by atoms with E-state index in [0.717, 1.165) is 21.4 Å². The van der Waals surface area contributed by atoms with Crippen LogP contribution in [0.5, 0.6) is 0 Å². The van der Waals surface area contributed by atoms with Crippen LogP contribution in [0.15, 0.2) is 46.6 Å². The summed E-state index contributed by atoms with van der Waals surface area (Å²) in [5.74, 6) is -3.45. The van der Waals surface area contributed by atoms with Gasteiger partial charge in [0.05, 0.1) is 30.8 Å². The highest BCUT2D eigenvalue weighted by molar-refractivity contribution is 8.02. The van der Waals surface area contributed by atoms with Gasteiger partial charge in [-0.3, -0.25) is 4.79 Å². The van der Waals surface area contributed by atoms with Gasteiger partial charge in [0.25, 0.3) is 5.92 Å². The minimum absolute atomic E-state index is 0.0291. The summed E-state index contributed by atoms with van der Waals surface area (Å²) in [6.07, 6.45) is 3.57. The normalized spacial score (nSPS) is 23.9. The van der Waals surface area contributed by atoms with E-state index in [1.54, 1.807) is 24.2 Å². The molecular formula is C19H17F2N3O2S. The first kappa shape index (κ1) is 17.9. The van der Waals surface area contributed by atoms with E-state index in [1.807, 2.05) is 40.6 Å². The molecule has 1 saturated heterocycles. The number of nitriles is 1. The molecule has 1 fully saturated rings. The highest BCUT2D eigenvalue weighted by Gasteiger charge is 2.47. The van der Waals surface area contributed by atoms with Crippen molar-refractivity contribution in [2.45, 2.75) is 30.2 Å². The Hall–Kier alpha value is -2.53. The second-order valence-corrected chi connectivity index (χ2v) is 7.82. The van der Waals surface area contributed by atoms with Crippen LogP contribution in [0.4, 0.5) is 8.78 Å². The third-order valence-corrected chi connectivity index (χ3v) is 5.90. The summed E-state index contributed by atoms with van der Waals surface area (Å²) in [5.41, 5.74) is 1.84. The van der Waals surface area contributed by atoms with Crippen LogP contribution in [0.3, 0.4) is 0 Å². The van der Waals surface area contributed by atoms with Crippen molar-refractivity contribution in [1.82, 2.24) is 9.80 Å². The van der Waals surface area contributed by atoms with Gasteiger partial charge < -0.3 is 14.2 Å². The standard InChI is InChI=1S/C19H17F2N3O2S/c20-19(21)8-14(9-22)24(12-19)17(25)10-23-5-6-27-18(23)7-13-11-26-16-4-2-1-3-15(13)16/h1-6,11,14,18H,7-8,10,12H2/t14?,18-/m0/s1. The Morgan fingerprint density at radius 1 is 1.41 bits per heavy atom. The van der Waals surface area contributed by atoms with Crippen LogP contribution in [0, 0.1) is 11.3 Å². The van der Waals surface area contributed by atoms with Crippen molar-refractivity contribution in [2.24, 2.45) is 0 Å². The first-order valence-corrected chi connectivity index (χ1v) is 9.51. The lowest BCUT2D eigenvalue weighted by atomic mass is 10.1. The average Bonchev–Trinajstić information content (AvgIpc) is 3.33. The van der Waals surface area contributed by atoms with Gasteiger partial charge in [0.1, 0.15) is 11.6 Å². The van der Waals surface area contributed by atoms with Gasteiger partial charge in [-0.25, -0.2) is 8.78 Å². The van der Waals surface area contributed by atoms with E-state index in [9.17, 15) is 13.6 Å². The summed E-state index contributed by atoms with van der Waals surface area (Å²) in [7, 11) is 0. The molecule has 0 N–H and O–H groups in total. The predicted molar refractivity (Wildman–Crippen MR) is 97.8 cm³/mol. The van der Waals surface area contributed by atoms with Crippen LogP contribution in [0.1, 0.15) is 12.0 Å². The lowest BCUT2D eigenvalue weighted by molar-refractivity contribution is -0.133.